The van der Waals surface area contributed by atoms with Crippen LogP contribution in [0.2, 0.25) is 0 Å². The van der Waals surface area contributed by atoms with Gasteiger partial charge in [-0.25, -0.2) is 0 Å². The van der Waals surface area contributed by atoms with Crippen LogP contribution in [-0.4, -0.2) is 6.54 Å². The summed E-state index contributed by atoms with van der Waals surface area (Å²) in [5.41, 5.74) is 2.19. The Kier molecular flexibility index (Phi) is 3.88. The molecule has 0 aliphatic heterocycles. The van der Waals surface area contributed by atoms with Crippen LogP contribution >= 0.6 is 0 Å². The number of rotatable bonds is 3. The zero-order valence-corrected chi connectivity index (χ0v) is 9.67. The van der Waals surface area contributed by atoms with Crippen molar-refractivity contribution in [2.45, 2.75) is 27.3 Å². The molecule has 0 spiro atoms. The van der Waals surface area contributed by atoms with Crippen molar-refractivity contribution in [3.05, 3.63) is 35.4 Å². The summed E-state index contributed by atoms with van der Waals surface area (Å²) < 4.78 is 0. The Bertz CT molecular complexity index is 356. The average Bonchev–Trinajstić information content (AvgIpc) is 2.16. The van der Waals surface area contributed by atoms with E-state index in [-0.39, 0.29) is 0 Å². The molecule has 0 aliphatic rings. The topological polar surface area (TPSA) is 35.8 Å². The first-order chi connectivity index (χ1) is 7.01. The molecule has 0 radical (unpaired) electrons. The summed E-state index contributed by atoms with van der Waals surface area (Å²) in [4.78, 5) is 0. The van der Waals surface area contributed by atoms with Crippen LogP contribution in [0.5, 0.6) is 0 Å². The lowest BCUT2D eigenvalue weighted by Gasteiger charge is -2.18. The number of nitrogens with zero attached hydrogens (tertiary/aromatic N) is 1. The van der Waals surface area contributed by atoms with Gasteiger partial charge in [-0.2, -0.15) is 5.26 Å². The van der Waals surface area contributed by atoms with Gasteiger partial charge in [-0.05, 0) is 23.1 Å². The first-order valence-electron chi connectivity index (χ1n) is 5.21. The van der Waals surface area contributed by atoms with Crippen LogP contribution in [0.1, 0.15) is 31.9 Å². The van der Waals surface area contributed by atoms with Crippen LogP contribution in [-0.2, 0) is 6.54 Å². The van der Waals surface area contributed by atoms with Crippen molar-refractivity contribution >= 4 is 0 Å². The van der Waals surface area contributed by atoms with Crippen molar-refractivity contribution in [2.24, 2.45) is 5.41 Å². The second-order valence-corrected chi connectivity index (χ2v) is 4.98. The first kappa shape index (κ1) is 11.7. The Morgan fingerprint density at radius 2 is 2.07 bits per heavy atom. The predicted octanol–water partition coefficient (Wildman–Crippen LogP) is 2.69. The third-order valence-corrected chi connectivity index (χ3v) is 2.04. The molecule has 15 heavy (non-hydrogen) atoms. The SMILES string of the molecule is CC(C)(C)CNCc1cccc(C#N)c1. The Morgan fingerprint density at radius 1 is 1.33 bits per heavy atom. The highest BCUT2D eigenvalue weighted by Gasteiger charge is 2.08. The van der Waals surface area contributed by atoms with Crippen LogP contribution in [0, 0.1) is 16.7 Å². The molecule has 1 aromatic carbocycles. The molecule has 1 rings (SSSR count). The number of hydrogen-bond donors (Lipinski definition) is 1. The molecule has 0 aliphatic carbocycles. The number of hydrogen-bond acceptors (Lipinski definition) is 2. The van der Waals surface area contributed by atoms with Crippen molar-refractivity contribution in [1.29, 1.82) is 5.26 Å². The van der Waals surface area contributed by atoms with E-state index in [1.54, 1.807) is 0 Å². The van der Waals surface area contributed by atoms with Gasteiger partial charge in [-0.3, -0.25) is 0 Å². The van der Waals surface area contributed by atoms with Crippen molar-refractivity contribution in [3.8, 4) is 6.07 Å². The van der Waals surface area contributed by atoms with Crippen molar-refractivity contribution in [3.63, 3.8) is 0 Å². The molecular formula is C13H18N2. The largest absolute Gasteiger partial charge is 0.312 e. The molecule has 0 aromatic heterocycles. The molecule has 0 bridgehead atoms. The standard InChI is InChI=1S/C13H18N2/c1-13(2,3)10-15-9-12-6-4-5-11(7-12)8-14/h4-7,15H,9-10H2,1-3H3. The summed E-state index contributed by atoms with van der Waals surface area (Å²) in [6.07, 6.45) is 0. The van der Waals surface area contributed by atoms with Gasteiger partial charge in [0.05, 0.1) is 11.6 Å². The van der Waals surface area contributed by atoms with Crippen molar-refractivity contribution < 1.29 is 0 Å². The van der Waals surface area contributed by atoms with E-state index in [9.17, 15) is 0 Å². The molecule has 1 aromatic rings. The fourth-order valence-corrected chi connectivity index (χ4v) is 1.33. The van der Waals surface area contributed by atoms with E-state index < -0.39 is 0 Å². The highest BCUT2D eigenvalue weighted by atomic mass is 14.9. The Balaban J connectivity index is 2.48. The smallest absolute Gasteiger partial charge is 0.0991 e. The summed E-state index contributed by atoms with van der Waals surface area (Å²) in [6, 6.07) is 9.86. The van der Waals surface area contributed by atoms with Crippen LogP contribution in [0.15, 0.2) is 24.3 Å². The van der Waals surface area contributed by atoms with Crippen LogP contribution < -0.4 is 5.32 Å². The first-order valence-corrected chi connectivity index (χ1v) is 5.21. The molecule has 0 saturated heterocycles. The van der Waals surface area contributed by atoms with E-state index in [2.05, 4.69) is 32.2 Å². The van der Waals surface area contributed by atoms with Gasteiger partial charge >= 0.3 is 0 Å². The van der Waals surface area contributed by atoms with Gasteiger partial charge in [0, 0.05) is 13.1 Å². The third kappa shape index (κ3) is 4.62. The Morgan fingerprint density at radius 3 is 2.67 bits per heavy atom. The maximum Gasteiger partial charge on any atom is 0.0991 e. The van der Waals surface area contributed by atoms with E-state index in [1.165, 1.54) is 5.56 Å². The molecule has 0 heterocycles. The molecule has 2 nitrogen and oxygen atoms in total. The van der Waals surface area contributed by atoms with Gasteiger partial charge in [0.15, 0.2) is 0 Å². The third-order valence-electron chi connectivity index (χ3n) is 2.04. The molecule has 0 unspecified atom stereocenters. The van der Waals surface area contributed by atoms with Gasteiger partial charge < -0.3 is 5.32 Å². The molecule has 0 amide bonds. The molecule has 0 atom stereocenters. The fourth-order valence-electron chi connectivity index (χ4n) is 1.33. The van der Waals surface area contributed by atoms with Gasteiger partial charge in [-0.15, -0.1) is 0 Å². The minimum Gasteiger partial charge on any atom is -0.312 e. The maximum atomic E-state index is 8.75. The van der Waals surface area contributed by atoms with E-state index in [1.807, 2.05) is 24.3 Å². The maximum absolute atomic E-state index is 8.75. The second kappa shape index (κ2) is 4.95. The van der Waals surface area contributed by atoms with Crippen molar-refractivity contribution in [2.75, 3.05) is 6.54 Å². The second-order valence-electron chi connectivity index (χ2n) is 4.98. The highest BCUT2D eigenvalue weighted by Crippen LogP contribution is 2.11. The van der Waals surface area contributed by atoms with E-state index in [0.717, 1.165) is 18.7 Å². The number of nitrogens with one attached hydrogen (secondary N) is 1. The lowest BCUT2D eigenvalue weighted by Crippen LogP contribution is -2.26. The fraction of sp³-hybridized carbons (Fsp3) is 0.462. The summed E-state index contributed by atoms with van der Waals surface area (Å²) in [5.74, 6) is 0. The van der Waals surface area contributed by atoms with Gasteiger partial charge in [0.1, 0.15) is 0 Å². The van der Waals surface area contributed by atoms with E-state index in [0.29, 0.717) is 5.41 Å². The minimum absolute atomic E-state index is 0.298. The molecule has 0 saturated carbocycles. The summed E-state index contributed by atoms with van der Waals surface area (Å²) in [7, 11) is 0. The molecule has 0 fully saturated rings. The summed E-state index contributed by atoms with van der Waals surface area (Å²) in [6.45, 7) is 8.40. The molecule has 2 heteroatoms. The van der Waals surface area contributed by atoms with Gasteiger partial charge in [0.2, 0.25) is 0 Å². The lowest BCUT2D eigenvalue weighted by molar-refractivity contribution is 0.379. The summed E-state index contributed by atoms with van der Waals surface area (Å²) in [5, 5.41) is 12.1. The zero-order valence-electron chi connectivity index (χ0n) is 9.67. The summed E-state index contributed by atoms with van der Waals surface area (Å²) >= 11 is 0. The van der Waals surface area contributed by atoms with Crippen molar-refractivity contribution in [1.82, 2.24) is 5.32 Å². The monoisotopic (exact) mass is 202 g/mol. The van der Waals surface area contributed by atoms with Gasteiger partial charge in [-0.1, -0.05) is 32.9 Å². The van der Waals surface area contributed by atoms with E-state index >= 15 is 0 Å². The molecule has 1 N–H and O–H groups in total. The average molecular weight is 202 g/mol. The minimum atomic E-state index is 0.298. The quantitative estimate of drug-likeness (QED) is 0.818. The highest BCUT2D eigenvalue weighted by molar-refractivity contribution is 5.32. The lowest BCUT2D eigenvalue weighted by atomic mass is 9.97. The molecule has 80 valence electrons. The van der Waals surface area contributed by atoms with Gasteiger partial charge in [0.25, 0.3) is 0 Å². The number of benzene rings is 1. The number of nitriles is 1. The Labute approximate surface area is 91.9 Å². The van der Waals surface area contributed by atoms with Crippen LogP contribution in [0.3, 0.4) is 0 Å². The normalized spacial score (nSPS) is 11.1. The Hall–Kier alpha value is -1.33. The van der Waals surface area contributed by atoms with Crippen LogP contribution in [0.4, 0.5) is 0 Å². The van der Waals surface area contributed by atoms with E-state index in [4.69, 9.17) is 5.26 Å². The molecular weight excluding hydrogens is 184 g/mol. The predicted molar refractivity (Wildman–Crippen MR) is 62.3 cm³/mol. The van der Waals surface area contributed by atoms with Crippen LogP contribution in [0.25, 0.3) is 0 Å². The zero-order chi connectivity index (χ0) is 11.3.